The zero-order valence-electron chi connectivity index (χ0n) is 53.4. The van der Waals surface area contributed by atoms with Crippen LogP contribution in [-0.4, -0.2) is 27.4 Å². The summed E-state index contributed by atoms with van der Waals surface area (Å²) >= 11 is 0. The molecular weight excluding hydrogens is 1510 g/mol. The van der Waals surface area contributed by atoms with Crippen LogP contribution >= 0.6 is 0 Å². The smallest absolute Gasteiger partial charge is 0 e. The van der Waals surface area contributed by atoms with Crippen LogP contribution in [0.1, 0.15) is 13.8 Å². The first-order valence-electron chi connectivity index (χ1n) is 24.8. The molecule has 0 aliphatic rings. The Hall–Kier alpha value is -2.38. The number of para-hydroxylation sites is 6. The van der Waals surface area contributed by atoms with Gasteiger partial charge in [-0.05, 0) is 42.3 Å². The van der Waals surface area contributed by atoms with E-state index in [0.29, 0.717) is 0 Å². The largest absolute Gasteiger partial charge is 0.466 e. The van der Waals surface area contributed by atoms with E-state index in [0.717, 1.165) is 0 Å². The molecule has 0 fully saturated rings. The predicted octanol–water partition coefficient (Wildman–Crippen LogP) is 19.0. The maximum Gasteiger partial charge on any atom is 0 e. The number of hydrogen-bond acceptors (Lipinski definition) is 0. The van der Waals surface area contributed by atoms with Crippen molar-refractivity contribution in [3.05, 3.63) is 337 Å². The molecule has 6 radical (unpaired) electrons. The van der Waals surface area contributed by atoms with Crippen molar-refractivity contribution in [1.82, 2.24) is 27.4 Å². The Morgan fingerprint density at radius 2 is 0.291 bits per heavy atom. The molecule has 14 rings (SSSR count). The van der Waals surface area contributed by atoms with E-state index in [1.54, 1.807) is 0 Å². The first-order chi connectivity index (χ1) is 36.3. The molecule has 6 nitrogen and oxygen atoms in total. The molecule has 8 aromatic carbocycles. The molecule has 0 unspecified atom stereocenters. The third kappa shape index (κ3) is 31.6. The second-order valence-electron chi connectivity index (χ2n) is 16.7. The molecule has 6 heterocycles. The van der Waals surface area contributed by atoms with Crippen molar-refractivity contribution in [2.75, 3.05) is 0 Å². The Kier molecular flexibility index (Phi) is 62.7. The van der Waals surface area contributed by atoms with Gasteiger partial charge in [0.1, 0.15) is 0 Å². The Labute approximate surface area is 671 Å². The van der Waals surface area contributed by atoms with E-state index in [4.69, 9.17) is 0 Å². The summed E-state index contributed by atoms with van der Waals surface area (Å²) in [4.78, 5) is 0. The fraction of sp³-hybridized carbons (Fsp3) is 0.108. The van der Waals surface area contributed by atoms with Crippen LogP contribution < -0.4 is 0 Å². The van der Waals surface area contributed by atoms with Gasteiger partial charge in [0, 0.05) is 196 Å². The van der Waals surface area contributed by atoms with Crippen LogP contribution in [0.5, 0.6) is 0 Å². The van der Waals surface area contributed by atoms with Crippen molar-refractivity contribution in [2.24, 2.45) is 42.3 Å². The molecule has 0 spiro atoms. The summed E-state index contributed by atoms with van der Waals surface area (Å²) in [5.41, 5.74) is 7.43. The van der Waals surface area contributed by atoms with Crippen molar-refractivity contribution < 1.29 is 196 Å². The van der Waals surface area contributed by atoms with Gasteiger partial charge in [-0.1, -0.05) is 159 Å². The number of nitrogens with zero attached hydrogens (tertiary/aromatic N) is 6. The van der Waals surface area contributed by atoms with Crippen LogP contribution in [0.25, 0.3) is 65.4 Å². The van der Waals surface area contributed by atoms with Crippen molar-refractivity contribution in [3.63, 3.8) is 0 Å². The molecule has 0 aliphatic heterocycles. The second-order valence-corrected chi connectivity index (χ2v) is 16.7. The summed E-state index contributed by atoms with van der Waals surface area (Å²) in [6, 6.07) is 85.5. The van der Waals surface area contributed by atoms with Gasteiger partial charge in [0.25, 0.3) is 0 Å². The van der Waals surface area contributed by atoms with Crippen LogP contribution in [0.4, 0.5) is 0 Å². The predicted molar refractivity (Wildman–Crippen MR) is 353 cm³/mol. The molecule has 12 heteroatoms. The summed E-state index contributed by atoms with van der Waals surface area (Å²) in [5.74, 6) is 0. The van der Waals surface area contributed by atoms with Gasteiger partial charge in [0.15, 0.2) is 0 Å². The molecule has 0 aliphatic carbocycles. The maximum atomic E-state index is 3.09. The van der Waals surface area contributed by atoms with Crippen molar-refractivity contribution in [1.29, 1.82) is 0 Å². The van der Waals surface area contributed by atoms with Crippen LogP contribution in [0, 0.1) is 81.7 Å². The summed E-state index contributed by atoms with van der Waals surface area (Å²) in [5, 5.41) is 7.53. The topological polar surface area (TPSA) is 29.6 Å². The zero-order valence-corrected chi connectivity index (χ0v) is 70.4. The van der Waals surface area contributed by atoms with E-state index in [-0.39, 0.29) is 241 Å². The molecule has 0 N–H and O–H groups in total. The molecule has 14 aromatic rings. The molecule has 0 amide bonds. The van der Waals surface area contributed by atoms with Gasteiger partial charge < -0.3 is 72.0 Å². The Morgan fingerprint density at radius 3 is 0.395 bits per heavy atom. The van der Waals surface area contributed by atoms with Crippen molar-refractivity contribution >= 4 is 65.4 Å². The van der Waals surface area contributed by atoms with Gasteiger partial charge in [-0.3, -0.25) is 0 Å². The van der Waals surface area contributed by atoms with Crippen molar-refractivity contribution in [2.45, 2.75) is 13.8 Å². The molecule has 6 aromatic heterocycles. The van der Waals surface area contributed by atoms with Crippen LogP contribution in [0.15, 0.2) is 255 Å². The maximum absolute atomic E-state index is 3.09. The van der Waals surface area contributed by atoms with Crippen LogP contribution in [0.2, 0.25) is 0 Å². The molecule has 86 heavy (non-hydrogen) atoms. The standard InChI is InChI=1S/6C9H8N.2C6H6.C2H6.6CH3.6Y/c6*1-10-7-6-8-4-2-3-5-9(8)10;2*1-2-4-6-5-3-1;1-2;;;;;;;;;;;;/h6*2-6H,1H3;2*1-6H;1-2H3;6*1H3;;;;;;/q6*-1;;;;6*-1;;;;;;. The van der Waals surface area contributed by atoms with Gasteiger partial charge >= 0.3 is 0 Å². The zero-order chi connectivity index (χ0) is 52.3. The molecule has 0 saturated heterocycles. The first-order valence-corrected chi connectivity index (χ1v) is 24.8. The van der Waals surface area contributed by atoms with E-state index in [1.165, 1.54) is 65.4 Å². The normalized spacial score (nSPS) is 8.51. The van der Waals surface area contributed by atoms with Crippen LogP contribution in [-0.2, 0) is 239 Å². The summed E-state index contributed by atoms with van der Waals surface area (Å²) in [6.45, 7) is 4.00. The monoisotopic (exact) mass is 1590 g/mol. The van der Waals surface area contributed by atoms with Gasteiger partial charge in [-0.25, -0.2) is 0 Å². The molecular formula is C74H84N6Y6-12. The summed E-state index contributed by atoms with van der Waals surface area (Å²) in [7, 11) is 12.0. The molecule has 0 atom stereocenters. The second kappa shape index (κ2) is 55.5. The Bertz CT molecular complexity index is 3120. The van der Waals surface area contributed by atoms with Crippen LogP contribution in [0.3, 0.4) is 0 Å². The fourth-order valence-corrected chi connectivity index (χ4v) is 7.68. The Balaban J connectivity index is -0.000000163. The minimum Gasteiger partial charge on any atom is -0.466 e. The van der Waals surface area contributed by atoms with E-state index < -0.39 is 0 Å². The minimum atomic E-state index is 0. The van der Waals surface area contributed by atoms with Crippen molar-refractivity contribution in [3.8, 4) is 0 Å². The van der Waals surface area contributed by atoms with Gasteiger partial charge in [-0.15, -0.1) is 143 Å². The third-order valence-electron chi connectivity index (χ3n) is 11.6. The number of fused-ring (bicyclic) bond motifs is 6. The van der Waals surface area contributed by atoms with Gasteiger partial charge in [-0.2, -0.15) is 68.7 Å². The fourth-order valence-electron chi connectivity index (χ4n) is 7.68. The average molecular weight is 1590 g/mol. The first kappa shape index (κ1) is 97.2. The number of aromatic nitrogens is 6. The Morgan fingerprint density at radius 1 is 0.186 bits per heavy atom. The van der Waals surface area contributed by atoms with Gasteiger partial charge in [0.05, 0.1) is 0 Å². The quantitative estimate of drug-likeness (QED) is 0.135. The summed E-state index contributed by atoms with van der Waals surface area (Å²) < 4.78 is 12.0. The third-order valence-corrected chi connectivity index (χ3v) is 11.6. The average Bonchev–Trinajstić information content (AvgIpc) is 4.51. The SMILES string of the molecule is CC.Cn1[c-]cc2ccccc21.Cn1[c-]cc2ccccc21.Cn1[c-]cc2ccccc21.Cn1[c-]cc2ccccc21.Cn1[c-]cc2ccccc21.Cn1[c-]cc2ccccc21.[CH3-].[CH3-].[CH3-].[CH3-].[CH3-].[CH3-].[Y].[Y].[Y].[Y].[Y].[Y].c1ccccc1.c1ccccc1. The molecule has 440 valence electrons. The van der Waals surface area contributed by atoms with Gasteiger partial charge in [0.2, 0.25) is 0 Å². The number of benzene rings is 8. The van der Waals surface area contributed by atoms with E-state index in [1.807, 2.05) is 266 Å². The summed E-state index contributed by atoms with van der Waals surface area (Å²) in [6.07, 6.45) is 18.6. The van der Waals surface area contributed by atoms with E-state index >= 15 is 0 Å². The van der Waals surface area contributed by atoms with E-state index in [2.05, 4.69) is 110 Å². The number of hydrogen-bond donors (Lipinski definition) is 0. The number of aryl methyl sites for hydroxylation is 6. The number of rotatable bonds is 0. The minimum absolute atomic E-state index is 0. The van der Waals surface area contributed by atoms with E-state index in [9.17, 15) is 0 Å². The molecule has 0 saturated carbocycles. The molecule has 0 bridgehead atoms.